The highest BCUT2D eigenvalue weighted by Gasteiger charge is 2.16. The molecule has 3 rings (SSSR count). The lowest BCUT2D eigenvalue weighted by Gasteiger charge is -2.27. The average molecular weight is 365 g/mol. The van der Waals surface area contributed by atoms with Crippen molar-refractivity contribution in [3.05, 3.63) is 58.7 Å². The molecule has 0 atom stereocenters. The lowest BCUT2D eigenvalue weighted by molar-refractivity contribution is -0.136. The van der Waals surface area contributed by atoms with E-state index in [0.717, 1.165) is 24.1 Å². The van der Waals surface area contributed by atoms with Crippen molar-refractivity contribution in [2.24, 2.45) is 0 Å². The molecule has 0 saturated carbocycles. The normalized spacial score (nSPS) is 13.1. The summed E-state index contributed by atoms with van der Waals surface area (Å²) in [4.78, 5) is 26.5. The van der Waals surface area contributed by atoms with Crippen LogP contribution in [-0.4, -0.2) is 32.0 Å². The minimum atomic E-state index is -0.625. The summed E-state index contributed by atoms with van der Waals surface area (Å²) in [7, 11) is 2.12. The standard InChI is InChI=1S/C22H27N3O2/c1-15-6-4-7-16(2)20(15)24-22(27)21(26)23-12-11-17-9-10-19-18(14-17)8-5-13-25(19)3/h4,6-7,9-10,14H,5,8,11-13H2,1-3H3,(H,23,26)(H,24,27). The van der Waals surface area contributed by atoms with Gasteiger partial charge in [0.05, 0.1) is 0 Å². The molecular formula is C22H27N3O2. The summed E-state index contributed by atoms with van der Waals surface area (Å²) in [5.74, 6) is -1.23. The number of carbonyl (C=O) groups excluding carboxylic acids is 2. The molecule has 0 fully saturated rings. The van der Waals surface area contributed by atoms with Crippen molar-refractivity contribution >= 4 is 23.2 Å². The van der Waals surface area contributed by atoms with Gasteiger partial charge in [-0.2, -0.15) is 0 Å². The van der Waals surface area contributed by atoms with Gasteiger partial charge in [-0.15, -0.1) is 0 Å². The van der Waals surface area contributed by atoms with E-state index in [1.54, 1.807) is 0 Å². The van der Waals surface area contributed by atoms with Crippen LogP contribution < -0.4 is 15.5 Å². The van der Waals surface area contributed by atoms with Crippen molar-refractivity contribution in [1.29, 1.82) is 0 Å². The number of carbonyl (C=O) groups is 2. The number of benzene rings is 2. The second-order valence-corrected chi connectivity index (χ2v) is 7.22. The van der Waals surface area contributed by atoms with Crippen molar-refractivity contribution in [1.82, 2.24) is 5.32 Å². The fraction of sp³-hybridized carbons (Fsp3) is 0.364. The van der Waals surface area contributed by atoms with E-state index in [1.165, 1.54) is 23.2 Å². The van der Waals surface area contributed by atoms with Gasteiger partial charge in [0.15, 0.2) is 0 Å². The number of hydrogen-bond donors (Lipinski definition) is 2. The Labute approximate surface area is 160 Å². The quantitative estimate of drug-likeness (QED) is 0.819. The Morgan fingerprint density at radius 1 is 1.07 bits per heavy atom. The number of nitrogens with zero attached hydrogens (tertiary/aromatic N) is 1. The number of rotatable bonds is 4. The zero-order valence-corrected chi connectivity index (χ0v) is 16.3. The van der Waals surface area contributed by atoms with Crippen molar-refractivity contribution in [2.75, 3.05) is 30.4 Å². The predicted molar refractivity (Wildman–Crippen MR) is 109 cm³/mol. The highest BCUT2D eigenvalue weighted by Crippen LogP contribution is 2.26. The number of anilines is 2. The molecule has 0 spiro atoms. The zero-order valence-electron chi connectivity index (χ0n) is 16.3. The summed E-state index contributed by atoms with van der Waals surface area (Å²) in [6, 6.07) is 12.2. The minimum absolute atomic E-state index is 0.438. The van der Waals surface area contributed by atoms with Gasteiger partial charge in [-0.3, -0.25) is 9.59 Å². The Bertz CT molecular complexity index is 840. The topological polar surface area (TPSA) is 61.4 Å². The van der Waals surface area contributed by atoms with Crippen molar-refractivity contribution in [3.63, 3.8) is 0 Å². The van der Waals surface area contributed by atoms with E-state index in [4.69, 9.17) is 0 Å². The van der Waals surface area contributed by atoms with Gasteiger partial charge in [0.2, 0.25) is 0 Å². The van der Waals surface area contributed by atoms with Gasteiger partial charge in [-0.25, -0.2) is 0 Å². The van der Waals surface area contributed by atoms with Gasteiger partial charge >= 0.3 is 11.8 Å². The summed E-state index contributed by atoms with van der Waals surface area (Å²) in [5, 5.41) is 5.43. The fourth-order valence-electron chi connectivity index (χ4n) is 3.58. The van der Waals surface area contributed by atoms with Crippen molar-refractivity contribution < 1.29 is 9.59 Å². The molecule has 1 aliphatic rings. The summed E-state index contributed by atoms with van der Waals surface area (Å²) >= 11 is 0. The van der Waals surface area contributed by atoms with Gasteiger partial charge in [-0.1, -0.05) is 30.3 Å². The first kappa shape index (κ1) is 19.0. The Balaban J connectivity index is 1.53. The molecule has 142 valence electrons. The Hall–Kier alpha value is -2.82. The molecule has 1 heterocycles. The zero-order chi connectivity index (χ0) is 19.4. The first-order chi connectivity index (χ1) is 13.0. The number of fused-ring (bicyclic) bond motifs is 1. The van der Waals surface area contributed by atoms with E-state index in [9.17, 15) is 9.59 Å². The largest absolute Gasteiger partial charge is 0.374 e. The SMILES string of the molecule is Cc1cccc(C)c1NC(=O)C(=O)NCCc1ccc2c(c1)CCCN2C. The van der Waals surface area contributed by atoms with Gasteiger partial charge < -0.3 is 15.5 Å². The first-order valence-electron chi connectivity index (χ1n) is 9.44. The smallest absolute Gasteiger partial charge is 0.313 e. The highest BCUT2D eigenvalue weighted by molar-refractivity contribution is 6.39. The first-order valence-corrected chi connectivity index (χ1v) is 9.44. The molecule has 0 unspecified atom stereocenters. The van der Waals surface area contributed by atoms with Crippen LogP contribution in [-0.2, 0) is 22.4 Å². The maximum absolute atomic E-state index is 12.2. The maximum Gasteiger partial charge on any atom is 0.313 e. The fourth-order valence-corrected chi connectivity index (χ4v) is 3.58. The van der Waals surface area contributed by atoms with Crippen LogP contribution in [0.25, 0.3) is 0 Å². The molecule has 0 aromatic heterocycles. The molecule has 5 heteroatoms. The third kappa shape index (κ3) is 4.48. The van der Waals surface area contributed by atoms with Crippen LogP contribution in [0.4, 0.5) is 11.4 Å². The van der Waals surface area contributed by atoms with Crippen LogP contribution in [0.1, 0.15) is 28.7 Å². The van der Waals surface area contributed by atoms with Gasteiger partial charge in [-0.05, 0) is 61.4 Å². The van der Waals surface area contributed by atoms with E-state index in [1.807, 2.05) is 32.0 Å². The van der Waals surface area contributed by atoms with Gasteiger partial charge in [0.25, 0.3) is 0 Å². The monoisotopic (exact) mass is 365 g/mol. The molecule has 1 aliphatic heterocycles. The third-order valence-corrected chi connectivity index (χ3v) is 5.12. The average Bonchev–Trinajstić information content (AvgIpc) is 2.64. The number of hydrogen-bond acceptors (Lipinski definition) is 3. The number of amides is 2. The lowest BCUT2D eigenvalue weighted by atomic mass is 9.98. The second-order valence-electron chi connectivity index (χ2n) is 7.22. The summed E-state index contributed by atoms with van der Waals surface area (Å²) in [5.41, 5.74) is 6.42. The molecule has 2 aromatic rings. The Morgan fingerprint density at radius 3 is 2.56 bits per heavy atom. The van der Waals surface area contributed by atoms with E-state index in [2.05, 4.69) is 40.8 Å². The number of aryl methyl sites for hydroxylation is 3. The van der Waals surface area contributed by atoms with Crippen LogP contribution in [0.5, 0.6) is 0 Å². The summed E-state index contributed by atoms with van der Waals surface area (Å²) < 4.78 is 0. The summed E-state index contributed by atoms with van der Waals surface area (Å²) in [6.07, 6.45) is 2.97. The Kier molecular flexibility index (Phi) is 5.79. The van der Waals surface area contributed by atoms with E-state index in [-0.39, 0.29) is 0 Å². The van der Waals surface area contributed by atoms with Crippen LogP contribution >= 0.6 is 0 Å². The second kappa shape index (κ2) is 8.25. The van der Waals surface area contributed by atoms with Crippen LogP contribution in [0.2, 0.25) is 0 Å². The molecule has 5 nitrogen and oxygen atoms in total. The van der Waals surface area contributed by atoms with Gasteiger partial charge in [0.1, 0.15) is 0 Å². The molecule has 2 N–H and O–H groups in total. The molecule has 2 amide bonds. The molecule has 0 bridgehead atoms. The summed E-state index contributed by atoms with van der Waals surface area (Å²) in [6.45, 7) is 5.35. The van der Waals surface area contributed by atoms with Crippen molar-refractivity contribution in [3.8, 4) is 0 Å². The molecule has 0 saturated heterocycles. The van der Waals surface area contributed by atoms with E-state index >= 15 is 0 Å². The lowest BCUT2D eigenvalue weighted by Crippen LogP contribution is -2.36. The molecular weight excluding hydrogens is 338 g/mol. The predicted octanol–water partition coefficient (Wildman–Crippen LogP) is 2.98. The molecule has 2 aromatic carbocycles. The van der Waals surface area contributed by atoms with E-state index < -0.39 is 11.8 Å². The third-order valence-electron chi connectivity index (χ3n) is 5.12. The van der Waals surface area contributed by atoms with Crippen LogP contribution in [0, 0.1) is 13.8 Å². The maximum atomic E-state index is 12.2. The molecule has 0 aliphatic carbocycles. The van der Waals surface area contributed by atoms with E-state index in [0.29, 0.717) is 18.7 Å². The highest BCUT2D eigenvalue weighted by atomic mass is 16.2. The Morgan fingerprint density at radius 2 is 1.81 bits per heavy atom. The minimum Gasteiger partial charge on any atom is -0.374 e. The molecule has 27 heavy (non-hydrogen) atoms. The number of nitrogens with one attached hydrogen (secondary N) is 2. The van der Waals surface area contributed by atoms with Crippen LogP contribution in [0.3, 0.4) is 0 Å². The number of para-hydroxylation sites is 1. The van der Waals surface area contributed by atoms with Gasteiger partial charge in [0, 0.05) is 31.5 Å². The van der Waals surface area contributed by atoms with Crippen molar-refractivity contribution in [2.45, 2.75) is 33.1 Å². The molecule has 0 radical (unpaired) electrons. The van der Waals surface area contributed by atoms with Crippen LogP contribution in [0.15, 0.2) is 36.4 Å².